The van der Waals surface area contributed by atoms with E-state index < -0.39 is 5.97 Å². The minimum Gasteiger partial charge on any atom is -0.465 e. The van der Waals surface area contributed by atoms with Gasteiger partial charge in [0.15, 0.2) is 0 Å². The van der Waals surface area contributed by atoms with Crippen molar-refractivity contribution in [2.75, 3.05) is 19.0 Å². The van der Waals surface area contributed by atoms with Crippen LogP contribution in [0.3, 0.4) is 0 Å². The van der Waals surface area contributed by atoms with Gasteiger partial charge in [0, 0.05) is 25.1 Å². The average Bonchev–Trinajstić information content (AvgIpc) is 2.92. The molecule has 0 aliphatic rings. The number of nitrogens with one attached hydrogen (secondary N) is 1. The summed E-state index contributed by atoms with van der Waals surface area (Å²) in [7, 11) is 1.35. The molecule has 0 aromatic carbocycles. The lowest BCUT2D eigenvalue weighted by molar-refractivity contribution is 0.0601. The van der Waals surface area contributed by atoms with E-state index in [1.165, 1.54) is 7.11 Å². The van der Waals surface area contributed by atoms with Crippen LogP contribution in [0.5, 0.6) is 0 Å². The molecule has 0 fully saturated rings. The van der Waals surface area contributed by atoms with Gasteiger partial charge in [-0.3, -0.25) is 4.68 Å². The van der Waals surface area contributed by atoms with Gasteiger partial charge in [0.2, 0.25) is 0 Å². The summed E-state index contributed by atoms with van der Waals surface area (Å²) in [4.78, 5) is 15.6. The Labute approximate surface area is 105 Å². The Hall–Kier alpha value is -2.37. The Kier molecular flexibility index (Phi) is 3.90. The molecule has 0 bridgehead atoms. The van der Waals surface area contributed by atoms with E-state index in [1.54, 1.807) is 29.2 Å². The first-order valence-corrected chi connectivity index (χ1v) is 5.56. The number of hydrogen-bond donors (Lipinski definition) is 1. The molecule has 0 saturated heterocycles. The second kappa shape index (κ2) is 5.81. The summed E-state index contributed by atoms with van der Waals surface area (Å²) in [5.74, 6) is 0.126. The maximum absolute atomic E-state index is 11.5. The quantitative estimate of drug-likeness (QED) is 0.802. The highest BCUT2D eigenvalue weighted by atomic mass is 16.5. The largest absolute Gasteiger partial charge is 0.465 e. The molecule has 2 rings (SSSR count). The second-order valence-electron chi connectivity index (χ2n) is 3.59. The first kappa shape index (κ1) is 12.1. The van der Waals surface area contributed by atoms with Crippen molar-refractivity contribution in [3.8, 4) is 0 Å². The van der Waals surface area contributed by atoms with E-state index in [1.807, 2.05) is 12.3 Å². The molecule has 1 N–H and O–H groups in total. The Morgan fingerprint density at radius 3 is 3.06 bits per heavy atom. The predicted octanol–water partition coefficient (Wildman–Crippen LogP) is 1.18. The minimum absolute atomic E-state index is 0.398. The number of carbonyl (C=O) groups is 1. The molecule has 18 heavy (non-hydrogen) atoms. The van der Waals surface area contributed by atoms with Crippen molar-refractivity contribution in [3.05, 3.63) is 42.4 Å². The molecular weight excluding hydrogens is 232 g/mol. The molecule has 0 aliphatic heterocycles. The molecule has 6 heteroatoms. The van der Waals surface area contributed by atoms with Crippen molar-refractivity contribution in [1.29, 1.82) is 0 Å². The van der Waals surface area contributed by atoms with Crippen molar-refractivity contribution in [2.45, 2.75) is 6.54 Å². The van der Waals surface area contributed by atoms with Crippen LogP contribution >= 0.6 is 0 Å². The second-order valence-corrected chi connectivity index (χ2v) is 3.59. The summed E-state index contributed by atoms with van der Waals surface area (Å²) in [6.07, 6.45) is 5.23. The number of carbonyl (C=O) groups excluding carboxylic acids is 1. The summed E-state index contributed by atoms with van der Waals surface area (Å²) in [5, 5.41) is 7.18. The Morgan fingerprint density at radius 1 is 1.44 bits per heavy atom. The summed E-state index contributed by atoms with van der Waals surface area (Å²) in [5.41, 5.74) is 0.431. The lowest BCUT2D eigenvalue weighted by Crippen LogP contribution is -2.14. The highest BCUT2D eigenvalue weighted by Gasteiger charge is 2.11. The molecule has 0 spiro atoms. The average molecular weight is 246 g/mol. The fraction of sp³-hybridized carbons (Fsp3) is 0.250. The molecule has 0 atom stereocenters. The van der Waals surface area contributed by atoms with Gasteiger partial charge < -0.3 is 10.1 Å². The van der Waals surface area contributed by atoms with Crippen LogP contribution < -0.4 is 5.32 Å². The minimum atomic E-state index is -0.398. The lowest BCUT2D eigenvalue weighted by Gasteiger charge is -2.09. The maximum Gasteiger partial charge on any atom is 0.341 e. The van der Waals surface area contributed by atoms with E-state index in [4.69, 9.17) is 4.74 Å². The standard InChI is InChI=1S/C12H14N4O2/c1-18-12(17)10-4-2-5-13-11(10)14-7-9-16-8-3-6-15-16/h2-6,8H,7,9H2,1H3,(H,13,14). The number of rotatable bonds is 5. The monoisotopic (exact) mass is 246 g/mol. The van der Waals surface area contributed by atoms with Crippen LogP contribution in [0.25, 0.3) is 0 Å². The molecule has 94 valence electrons. The van der Waals surface area contributed by atoms with Gasteiger partial charge in [-0.15, -0.1) is 0 Å². The molecule has 0 amide bonds. The number of nitrogens with zero attached hydrogens (tertiary/aromatic N) is 3. The van der Waals surface area contributed by atoms with E-state index in [0.717, 1.165) is 0 Å². The van der Waals surface area contributed by atoms with Crippen molar-refractivity contribution >= 4 is 11.8 Å². The predicted molar refractivity (Wildman–Crippen MR) is 66.3 cm³/mol. The highest BCUT2D eigenvalue weighted by Crippen LogP contribution is 2.12. The van der Waals surface area contributed by atoms with Crippen LogP contribution in [0.4, 0.5) is 5.82 Å². The van der Waals surface area contributed by atoms with Gasteiger partial charge in [-0.1, -0.05) is 0 Å². The molecular formula is C12H14N4O2. The number of esters is 1. The Morgan fingerprint density at radius 2 is 2.33 bits per heavy atom. The molecule has 0 aliphatic carbocycles. The molecule has 2 aromatic heterocycles. The number of methoxy groups -OCH3 is 1. The van der Waals surface area contributed by atoms with E-state index in [2.05, 4.69) is 15.4 Å². The number of pyridine rings is 1. The van der Waals surface area contributed by atoms with E-state index in [0.29, 0.717) is 24.5 Å². The van der Waals surface area contributed by atoms with Gasteiger partial charge in [-0.2, -0.15) is 5.10 Å². The normalized spacial score (nSPS) is 10.1. The maximum atomic E-state index is 11.5. The number of hydrogen-bond acceptors (Lipinski definition) is 5. The van der Waals surface area contributed by atoms with Crippen LogP contribution in [0.1, 0.15) is 10.4 Å². The molecule has 2 aromatic rings. The Balaban J connectivity index is 1.98. The van der Waals surface area contributed by atoms with E-state index in [9.17, 15) is 4.79 Å². The van der Waals surface area contributed by atoms with Crippen LogP contribution in [0.2, 0.25) is 0 Å². The third-order valence-electron chi connectivity index (χ3n) is 2.41. The number of ether oxygens (including phenoxy) is 1. The zero-order valence-corrected chi connectivity index (χ0v) is 10.0. The summed E-state index contributed by atoms with van der Waals surface area (Å²) in [6.45, 7) is 1.33. The molecule has 0 saturated carbocycles. The molecule has 2 heterocycles. The van der Waals surface area contributed by atoms with Crippen molar-refractivity contribution in [2.24, 2.45) is 0 Å². The zero-order chi connectivity index (χ0) is 12.8. The fourth-order valence-electron chi connectivity index (χ4n) is 1.54. The summed E-state index contributed by atoms with van der Waals surface area (Å²) < 4.78 is 6.49. The van der Waals surface area contributed by atoms with Gasteiger partial charge in [-0.25, -0.2) is 9.78 Å². The number of aromatic nitrogens is 3. The molecule has 0 unspecified atom stereocenters. The van der Waals surface area contributed by atoms with Crippen molar-refractivity contribution in [1.82, 2.24) is 14.8 Å². The first-order chi connectivity index (χ1) is 8.81. The lowest BCUT2D eigenvalue weighted by atomic mass is 10.2. The van der Waals surface area contributed by atoms with Gasteiger partial charge in [0.05, 0.1) is 13.7 Å². The third kappa shape index (κ3) is 2.85. The van der Waals surface area contributed by atoms with E-state index in [-0.39, 0.29) is 0 Å². The van der Waals surface area contributed by atoms with Gasteiger partial charge in [-0.05, 0) is 18.2 Å². The van der Waals surface area contributed by atoms with Crippen LogP contribution in [-0.2, 0) is 11.3 Å². The van der Waals surface area contributed by atoms with E-state index >= 15 is 0 Å². The van der Waals surface area contributed by atoms with Crippen molar-refractivity contribution < 1.29 is 9.53 Å². The van der Waals surface area contributed by atoms with Gasteiger partial charge in [0.25, 0.3) is 0 Å². The third-order valence-corrected chi connectivity index (χ3v) is 2.41. The van der Waals surface area contributed by atoms with Gasteiger partial charge in [0.1, 0.15) is 11.4 Å². The van der Waals surface area contributed by atoms with Gasteiger partial charge >= 0.3 is 5.97 Å². The van der Waals surface area contributed by atoms with Crippen LogP contribution in [0.15, 0.2) is 36.8 Å². The first-order valence-electron chi connectivity index (χ1n) is 5.56. The van der Waals surface area contributed by atoms with Crippen molar-refractivity contribution in [3.63, 3.8) is 0 Å². The zero-order valence-electron chi connectivity index (χ0n) is 10.0. The highest BCUT2D eigenvalue weighted by molar-refractivity contribution is 5.94. The smallest absolute Gasteiger partial charge is 0.341 e. The van der Waals surface area contributed by atoms with Crippen LogP contribution in [-0.4, -0.2) is 34.4 Å². The van der Waals surface area contributed by atoms with Crippen LogP contribution in [0, 0.1) is 0 Å². The summed E-state index contributed by atoms with van der Waals surface area (Å²) in [6, 6.07) is 5.24. The SMILES string of the molecule is COC(=O)c1cccnc1NCCn1cccn1. The summed E-state index contributed by atoms with van der Waals surface area (Å²) >= 11 is 0. The molecule has 6 nitrogen and oxygen atoms in total. The topological polar surface area (TPSA) is 69.0 Å². The molecule has 0 radical (unpaired) electrons. The number of anilines is 1. The Bertz CT molecular complexity index is 511. The fourth-order valence-corrected chi connectivity index (χ4v) is 1.54.